The van der Waals surface area contributed by atoms with Crippen LogP contribution in [0.1, 0.15) is 6.42 Å². The summed E-state index contributed by atoms with van der Waals surface area (Å²) in [7, 11) is 0. The Balaban J connectivity index is 2.69. The summed E-state index contributed by atoms with van der Waals surface area (Å²) in [6.07, 6.45) is 1.02. The number of aromatic amines is 1. The van der Waals surface area contributed by atoms with Crippen LogP contribution in [0.2, 0.25) is 0 Å². The fourth-order valence-corrected chi connectivity index (χ4v) is 0.802. The molecule has 0 aliphatic carbocycles. The van der Waals surface area contributed by atoms with Crippen LogP contribution >= 0.6 is 0 Å². The molecule has 1 rings (SSSR count). The highest BCUT2D eigenvalue weighted by atomic mass is 16.4. The second-order valence-electron chi connectivity index (χ2n) is 2.28. The second-order valence-corrected chi connectivity index (χ2v) is 2.28. The predicted molar refractivity (Wildman–Crippen MR) is 39.0 cm³/mol. The van der Waals surface area contributed by atoms with E-state index in [1.54, 1.807) is 0 Å². The molecule has 6 heteroatoms. The minimum Gasteiger partial charge on any atom is -0.493 e. The molecule has 0 saturated carbocycles. The highest BCUT2D eigenvalue weighted by Gasteiger charge is 2.02. The molecule has 0 radical (unpaired) electrons. The van der Waals surface area contributed by atoms with Gasteiger partial charge in [-0.1, -0.05) is 0 Å². The summed E-state index contributed by atoms with van der Waals surface area (Å²) >= 11 is 0. The van der Waals surface area contributed by atoms with Gasteiger partial charge in [-0.2, -0.15) is 0 Å². The summed E-state index contributed by atoms with van der Waals surface area (Å²) in [5, 5.41) is 17.1. The van der Waals surface area contributed by atoms with Gasteiger partial charge in [0.2, 0.25) is 5.88 Å². The van der Waals surface area contributed by atoms with Crippen LogP contribution in [0.15, 0.2) is 11.0 Å². The van der Waals surface area contributed by atoms with Crippen molar-refractivity contribution in [3.05, 3.63) is 16.7 Å². The zero-order chi connectivity index (χ0) is 9.14. The standard InChI is InChI=1S/C6H8N2O4/c9-4-3-8(6(12)7-4)2-1-5(10)11/h3,9H,1-2H2,(H,7,12)(H,10,11). The monoisotopic (exact) mass is 172 g/mol. The largest absolute Gasteiger partial charge is 0.493 e. The summed E-state index contributed by atoms with van der Waals surface area (Å²) in [5.74, 6) is -1.24. The topological polar surface area (TPSA) is 95.3 Å². The molecule has 6 nitrogen and oxygen atoms in total. The smallest absolute Gasteiger partial charge is 0.328 e. The SMILES string of the molecule is O=C(O)CCn1cc(O)[nH]c1=O. The van der Waals surface area contributed by atoms with Crippen molar-refractivity contribution < 1.29 is 15.0 Å². The molecule has 0 aliphatic heterocycles. The number of aromatic hydroxyl groups is 1. The molecule has 0 unspecified atom stereocenters. The average Bonchev–Trinajstić information content (AvgIpc) is 2.26. The number of carbonyl (C=O) groups is 1. The Labute approximate surface area is 67.1 Å². The lowest BCUT2D eigenvalue weighted by atomic mass is 10.4. The first-order chi connectivity index (χ1) is 5.59. The number of aliphatic carboxylic acids is 1. The Morgan fingerprint density at radius 2 is 2.33 bits per heavy atom. The molecule has 0 bridgehead atoms. The Kier molecular flexibility index (Phi) is 2.18. The van der Waals surface area contributed by atoms with E-state index in [1.807, 2.05) is 0 Å². The number of carboxylic acid groups (broad SMARTS) is 1. The van der Waals surface area contributed by atoms with Crippen molar-refractivity contribution in [2.75, 3.05) is 0 Å². The molecular formula is C6H8N2O4. The third-order valence-corrected chi connectivity index (χ3v) is 1.34. The molecule has 0 aliphatic rings. The maximum absolute atomic E-state index is 10.8. The van der Waals surface area contributed by atoms with Gasteiger partial charge in [0.25, 0.3) is 0 Å². The second kappa shape index (κ2) is 3.12. The van der Waals surface area contributed by atoms with Gasteiger partial charge in [0.15, 0.2) is 0 Å². The number of hydrogen-bond donors (Lipinski definition) is 3. The minimum absolute atomic E-state index is 0.0607. The summed E-state index contributed by atoms with van der Waals surface area (Å²) in [6.45, 7) is 0.0607. The number of nitrogens with zero attached hydrogens (tertiary/aromatic N) is 1. The van der Waals surface area contributed by atoms with Gasteiger partial charge < -0.3 is 10.2 Å². The number of carboxylic acids is 1. The van der Waals surface area contributed by atoms with Gasteiger partial charge >= 0.3 is 11.7 Å². The zero-order valence-corrected chi connectivity index (χ0v) is 6.15. The predicted octanol–water partition coefficient (Wildman–Crippen LogP) is -0.643. The molecule has 66 valence electrons. The third-order valence-electron chi connectivity index (χ3n) is 1.34. The fourth-order valence-electron chi connectivity index (χ4n) is 0.802. The lowest BCUT2D eigenvalue weighted by Gasteiger charge is -1.94. The van der Waals surface area contributed by atoms with Crippen molar-refractivity contribution >= 4 is 5.97 Å². The fraction of sp³-hybridized carbons (Fsp3) is 0.333. The quantitative estimate of drug-likeness (QED) is 0.564. The zero-order valence-electron chi connectivity index (χ0n) is 6.15. The molecule has 0 aromatic carbocycles. The van der Waals surface area contributed by atoms with Crippen LogP contribution in [0.25, 0.3) is 0 Å². The van der Waals surface area contributed by atoms with E-state index in [4.69, 9.17) is 10.2 Å². The molecule has 3 N–H and O–H groups in total. The number of nitrogens with one attached hydrogen (secondary N) is 1. The van der Waals surface area contributed by atoms with Gasteiger partial charge in [-0.05, 0) is 0 Å². The maximum Gasteiger partial charge on any atom is 0.328 e. The van der Waals surface area contributed by atoms with Crippen molar-refractivity contribution in [3.63, 3.8) is 0 Å². The Morgan fingerprint density at radius 3 is 2.75 bits per heavy atom. The van der Waals surface area contributed by atoms with E-state index >= 15 is 0 Å². The molecule has 1 heterocycles. The van der Waals surface area contributed by atoms with Crippen LogP contribution < -0.4 is 5.69 Å². The molecular weight excluding hydrogens is 164 g/mol. The number of imidazole rings is 1. The molecule has 1 aromatic heterocycles. The first-order valence-electron chi connectivity index (χ1n) is 3.30. The van der Waals surface area contributed by atoms with Crippen LogP contribution in [-0.2, 0) is 11.3 Å². The number of aromatic nitrogens is 2. The van der Waals surface area contributed by atoms with E-state index in [0.717, 1.165) is 10.8 Å². The van der Waals surface area contributed by atoms with Crippen LogP contribution in [0.4, 0.5) is 0 Å². The van der Waals surface area contributed by atoms with Crippen molar-refractivity contribution in [3.8, 4) is 5.88 Å². The molecule has 0 spiro atoms. The molecule has 0 amide bonds. The average molecular weight is 172 g/mol. The van der Waals surface area contributed by atoms with Gasteiger partial charge in [0, 0.05) is 6.54 Å². The van der Waals surface area contributed by atoms with Crippen molar-refractivity contribution in [1.29, 1.82) is 0 Å². The van der Waals surface area contributed by atoms with Gasteiger partial charge in [-0.3, -0.25) is 14.3 Å². The Morgan fingerprint density at radius 1 is 1.67 bits per heavy atom. The van der Waals surface area contributed by atoms with Gasteiger partial charge in [0.05, 0.1) is 12.6 Å². The minimum atomic E-state index is -0.984. The Bertz CT molecular complexity index is 338. The third kappa shape index (κ3) is 1.88. The van der Waals surface area contributed by atoms with E-state index in [2.05, 4.69) is 4.98 Å². The van der Waals surface area contributed by atoms with Crippen LogP contribution in [0.3, 0.4) is 0 Å². The van der Waals surface area contributed by atoms with Crippen LogP contribution in [0.5, 0.6) is 5.88 Å². The lowest BCUT2D eigenvalue weighted by Crippen LogP contribution is -2.17. The number of aryl methyl sites for hydroxylation is 1. The summed E-state index contributed by atoms with van der Waals surface area (Å²) in [6, 6.07) is 0. The van der Waals surface area contributed by atoms with E-state index < -0.39 is 11.7 Å². The number of H-pyrrole nitrogens is 1. The van der Waals surface area contributed by atoms with E-state index in [0.29, 0.717) is 0 Å². The highest BCUT2D eigenvalue weighted by molar-refractivity contribution is 5.66. The first-order valence-corrected chi connectivity index (χ1v) is 3.30. The van der Waals surface area contributed by atoms with E-state index in [9.17, 15) is 9.59 Å². The molecule has 0 atom stereocenters. The van der Waals surface area contributed by atoms with Gasteiger partial charge in [-0.25, -0.2) is 4.79 Å². The normalized spacial score (nSPS) is 10.0. The maximum atomic E-state index is 10.8. The van der Waals surface area contributed by atoms with E-state index in [1.165, 1.54) is 0 Å². The summed E-state index contributed by atoms with van der Waals surface area (Å²) in [5.41, 5.74) is -0.506. The van der Waals surface area contributed by atoms with Crippen molar-refractivity contribution in [2.24, 2.45) is 0 Å². The highest BCUT2D eigenvalue weighted by Crippen LogP contribution is 1.98. The van der Waals surface area contributed by atoms with Crippen molar-refractivity contribution in [2.45, 2.75) is 13.0 Å². The first kappa shape index (κ1) is 8.38. The van der Waals surface area contributed by atoms with Crippen LogP contribution in [-0.4, -0.2) is 25.7 Å². The van der Waals surface area contributed by atoms with Gasteiger partial charge in [0.1, 0.15) is 0 Å². The van der Waals surface area contributed by atoms with Crippen LogP contribution in [0, 0.1) is 0 Å². The molecule has 12 heavy (non-hydrogen) atoms. The lowest BCUT2D eigenvalue weighted by molar-refractivity contribution is -0.137. The molecule has 0 fully saturated rings. The summed E-state index contributed by atoms with van der Waals surface area (Å²) in [4.78, 5) is 23.0. The molecule has 0 saturated heterocycles. The Hall–Kier alpha value is -1.72. The number of rotatable bonds is 3. The van der Waals surface area contributed by atoms with E-state index in [-0.39, 0.29) is 18.8 Å². The summed E-state index contributed by atoms with van der Waals surface area (Å²) < 4.78 is 1.10. The van der Waals surface area contributed by atoms with Gasteiger partial charge in [-0.15, -0.1) is 0 Å². The molecule has 1 aromatic rings. The van der Waals surface area contributed by atoms with Crippen molar-refractivity contribution in [1.82, 2.24) is 9.55 Å². The number of hydrogen-bond acceptors (Lipinski definition) is 3.